The molecule has 0 atom stereocenters. The summed E-state index contributed by atoms with van der Waals surface area (Å²) in [6.07, 6.45) is -4.75. The van der Waals surface area contributed by atoms with Gasteiger partial charge in [-0.2, -0.15) is 13.2 Å². The molecule has 0 bridgehead atoms. The van der Waals surface area contributed by atoms with E-state index in [1.54, 1.807) is 0 Å². The number of benzene rings is 1. The van der Waals surface area contributed by atoms with E-state index in [-0.39, 0.29) is 22.8 Å². The first-order valence-corrected chi connectivity index (χ1v) is 6.20. The van der Waals surface area contributed by atoms with Gasteiger partial charge in [0.05, 0.1) is 17.7 Å². The number of halogens is 4. The Bertz CT molecular complexity index is 686. The zero-order valence-electron chi connectivity index (χ0n) is 10.5. The van der Waals surface area contributed by atoms with E-state index in [0.29, 0.717) is 5.56 Å². The van der Waals surface area contributed by atoms with Crippen molar-refractivity contribution in [3.05, 3.63) is 52.8 Å². The minimum Gasteiger partial charge on any atom is -0.481 e. The first-order valence-electron chi connectivity index (χ1n) is 5.82. The molecule has 1 N–H and O–H groups in total. The van der Waals surface area contributed by atoms with Crippen LogP contribution in [0.5, 0.6) is 0 Å². The number of aromatic nitrogens is 1. The summed E-state index contributed by atoms with van der Waals surface area (Å²) in [6.45, 7) is 0. The van der Waals surface area contributed by atoms with Crippen LogP contribution < -0.4 is 0 Å². The number of alkyl halides is 3. The molecule has 0 spiro atoms. The lowest BCUT2D eigenvalue weighted by Gasteiger charge is -2.10. The van der Waals surface area contributed by atoms with E-state index in [1.165, 1.54) is 24.3 Å². The molecule has 1 aromatic carbocycles. The van der Waals surface area contributed by atoms with Crippen molar-refractivity contribution in [1.82, 2.24) is 4.98 Å². The quantitative estimate of drug-likeness (QED) is 0.869. The van der Waals surface area contributed by atoms with Crippen LogP contribution in [0.2, 0.25) is 5.15 Å². The van der Waals surface area contributed by atoms with Crippen LogP contribution in [-0.4, -0.2) is 16.1 Å². The lowest BCUT2D eigenvalue weighted by molar-refractivity contribution is -0.138. The predicted molar refractivity (Wildman–Crippen MR) is 71.0 cm³/mol. The minimum atomic E-state index is -4.45. The Morgan fingerprint density at radius 3 is 2.52 bits per heavy atom. The molecule has 0 aliphatic carbocycles. The third kappa shape index (κ3) is 3.72. The van der Waals surface area contributed by atoms with Crippen LogP contribution in [0.3, 0.4) is 0 Å². The minimum absolute atomic E-state index is 0.0342. The Kier molecular flexibility index (Phi) is 4.18. The molecule has 0 saturated carbocycles. The smallest absolute Gasteiger partial charge is 0.416 e. The van der Waals surface area contributed by atoms with Crippen LogP contribution in [0, 0.1) is 0 Å². The summed E-state index contributed by atoms with van der Waals surface area (Å²) in [4.78, 5) is 14.5. The summed E-state index contributed by atoms with van der Waals surface area (Å²) >= 11 is 5.93. The molecule has 7 heteroatoms. The van der Waals surface area contributed by atoms with Gasteiger partial charge in [0.1, 0.15) is 5.15 Å². The van der Waals surface area contributed by atoms with Gasteiger partial charge in [-0.05, 0) is 29.8 Å². The average molecular weight is 316 g/mol. The summed E-state index contributed by atoms with van der Waals surface area (Å²) < 4.78 is 38.0. The number of carboxylic acid groups (broad SMARTS) is 1. The molecule has 21 heavy (non-hydrogen) atoms. The molecular weight excluding hydrogens is 307 g/mol. The second-order valence-corrected chi connectivity index (χ2v) is 4.65. The second kappa shape index (κ2) is 5.73. The molecule has 0 radical (unpaired) electrons. The topological polar surface area (TPSA) is 50.2 Å². The fraction of sp³-hybridized carbons (Fsp3) is 0.143. The Morgan fingerprint density at radius 1 is 1.24 bits per heavy atom. The molecule has 0 aliphatic rings. The monoisotopic (exact) mass is 315 g/mol. The van der Waals surface area contributed by atoms with E-state index in [9.17, 15) is 18.0 Å². The maximum absolute atomic E-state index is 12.7. The average Bonchev–Trinajstić information content (AvgIpc) is 2.37. The molecule has 2 aromatic rings. The van der Waals surface area contributed by atoms with Gasteiger partial charge in [0.15, 0.2) is 0 Å². The highest BCUT2D eigenvalue weighted by atomic mass is 35.5. The first-order chi connectivity index (χ1) is 9.77. The normalized spacial score (nSPS) is 11.4. The number of rotatable bonds is 3. The lowest BCUT2D eigenvalue weighted by atomic mass is 10.0. The predicted octanol–water partition coefficient (Wildman–Crippen LogP) is 4.05. The largest absolute Gasteiger partial charge is 0.481 e. The van der Waals surface area contributed by atoms with Gasteiger partial charge in [-0.15, -0.1) is 0 Å². The van der Waals surface area contributed by atoms with Gasteiger partial charge in [-0.3, -0.25) is 4.79 Å². The van der Waals surface area contributed by atoms with Crippen molar-refractivity contribution >= 4 is 17.6 Å². The van der Waals surface area contributed by atoms with E-state index >= 15 is 0 Å². The van der Waals surface area contributed by atoms with E-state index in [2.05, 4.69) is 4.98 Å². The van der Waals surface area contributed by atoms with Crippen molar-refractivity contribution in [1.29, 1.82) is 0 Å². The molecule has 0 amide bonds. The van der Waals surface area contributed by atoms with E-state index in [4.69, 9.17) is 16.7 Å². The molecular formula is C14H9ClF3NO2. The summed E-state index contributed by atoms with van der Waals surface area (Å²) in [5.41, 5.74) is 0.0370. The highest BCUT2D eigenvalue weighted by Gasteiger charge is 2.30. The van der Waals surface area contributed by atoms with E-state index in [0.717, 1.165) is 12.1 Å². The SMILES string of the molecule is O=C(O)Cc1ccc(-c2cccc(C(F)(F)F)c2)c(Cl)n1. The molecule has 3 nitrogen and oxygen atoms in total. The van der Waals surface area contributed by atoms with Gasteiger partial charge in [-0.25, -0.2) is 4.98 Å². The summed E-state index contributed by atoms with van der Waals surface area (Å²) in [6, 6.07) is 7.58. The summed E-state index contributed by atoms with van der Waals surface area (Å²) in [7, 11) is 0. The molecule has 1 heterocycles. The van der Waals surface area contributed by atoms with Gasteiger partial charge in [-0.1, -0.05) is 23.7 Å². The van der Waals surface area contributed by atoms with Crippen molar-refractivity contribution in [2.45, 2.75) is 12.6 Å². The summed E-state index contributed by atoms with van der Waals surface area (Å²) in [5.74, 6) is -1.06. The van der Waals surface area contributed by atoms with Crippen LogP contribution in [0.25, 0.3) is 11.1 Å². The number of aliphatic carboxylic acids is 1. The van der Waals surface area contributed by atoms with Gasteiger partial charge < -0.3 is 5.11 Å². The first kappa shape index (κ1) is 15.3. The third-order valence-electron chi connectivity index (χ3n) is 2.74. The van der Waals surface area contributed by atoms with Gasteiger partial charge in [0.2, 0.25) is 0 Å². The Labute approximate surface area is 123 Å². The highest BCUT2D eigenvalue weighted by molar-refractivity contribution is 6.32. The van der Waals surface area contributed by atoms with Crippen molar-refractivity contribution in [2.75, 3.05) is 0 Å². The van der Waals surface area contributed by atoms with Crippen LogP contribution in [0.1, 0.15) is 11.3 Å². The number of pyridine rings is 1. The molecule has 0 unspecified atom stereocenters. The number of hydrogen-bond acceptors (Lipinski definition) is 2. The Hall–Kier alpha value is -2.08. The van der Waals surface area contributed by atoms with Gasteiger partial charge >= 0.3 is 12.1 Å². The van der Waals surface area contributed by atoms with E-state index < -0.39 is 17.7 Å². The molecule has 1 aromatic heterocycles. The summed E-state index contributed by atoms with van der Waals surface area (Å²) in [5, 5.41) is 8.63. The zero-order valence-corrected chi connectivity index (χ0v) is 11.2. The van der Waals surface area contributed by atoms with Crippen LogP contribution >= 0.6 is 11.6 Å². The molecule has 0 saturated heterocycles. The van der Waals surface area contributed by atoms with Crippen molar-refractivity contribution in [3.8, 4) is 11.1 Å². The molecule has 0 aliphatic heterocycles. The Morgan fingerprint density at radius 2 is 1.95 bits per heavy atom. The fourth-order valence-electron chi connectivity index (χ4n) is 1.80. The standard InChI is InChI=1S/C14H9ClF3NO2/c15-13-11(5-4-10(19-13)7-12(20)21)8-2-1-3-9(6-8)14(16,17)18/h1-6H,7H2,(H,20,21). The number of hydrogen-bond donors (Lipinski definition) is 1. The van der Waals surface area contributed by atoms with Crippen molar-refractivity contribution in [2.24, 2.45) is 0 Å². The maximum atomic E-state index is 12.7. The highest BCUT2D eigenvalue weighted by Crippen LogP contribution is 2.33. The van der Waals surface area contributed by atoms with Crippen LogP contribution in [0.4, 0.5) is 13.2 Å². The molecule has 2 rings (SSSR count). The number of carboxylic acids is 1. The number of nitrogens with zero attached hydrogens (tertiary/aromatic N) is 1. The molecule has 0 fully saturated rings. The lowest BCUT2D eigenvalue weighted by Crippen LogP contribution is -2.05. The van der Waals surface area contributed by atoms with Crippen LogP contribution in [-0.2, 0) is 17.4 Å². The maximum Gasteiger partial charge on any atom is 0.416 e. The second-order valence-electron chi connectivity index (χ2n) is 4.29. The van der Waals surface area contributed by atoms with Crippen molar-refractivity contribution < 1.29 is 23.1 Å². The Balaban J connectivity index is 2.41. The van der Waals surface area contributed by atoms with Crippen LogP contribution in [0.15, 0.2) is 36.4 Å². The molecule has 110 valence electrons. The van der Waals surface area contributed by atoms with E-state index in [1.807, 2.05) is 0 Å². The van der Waals surface area contributed by atoms with Gasteiger partial charge in [0, 0.05) is 5.56 Å². The zero-order chi connectivity index (χ0) is 15.6. The fourth-order valence-corrected chi connectivity index (χ4v) is 2.08. The van der Waals surface area contributed by atoms with Gasteiger partial charge in [0.25, 0.3) is 0 Å². The van der Waals surface area contributed by atoms with Crippen molar-refractivity contribution in [3.63, 3.8) is 0 Å². The third-order valence-corrected chi connectivity index (χ3v) is 3.03. The number of carbonyl (C=O) groups is 1.